The first-order valence-electron chi connectivity index (χ1n) is 53.0. The van der Waals surface area contributed by atoms with E-state index in [4.69, 9.17) is 33.0 Å². The number of ether oxygens (including phenoxy) is 1. The van der Waals surface area contributed by atoms with E-state index in [1.807, 2.05) is 59.7 Å². The zero-order chi connectivity index (χ0) is 106. The second-order valence-corrected chi connectivity index (χ2v) is 30.0. The molecule has 0 saturated carbocycles. The van der Waals surface area contributed by atoms with Gasteiger partial charge in [0.1, 0.15) is 5.82 Å². The predicted octanol–water partition coefficient (Wildman–Crippen LogP) is 21.9. The number of benzene rings is 14. The zero-order valence-corrected chi connectivity index (χ0v) is 60.3. The Labute approximate surface area is 693 Å². The van der Waals surface area contributed by atoms with Crippen molar-refractivity contribution in [1.82, 2.24) is 14.1 Å². The van der Waals surface area contributed by atoms with Crippen LogP contribution in [-0.2, 0) is 31.9 Å². The van der Waals surface area contributed by atoms with Crippen molar-refractivity contribution in [3.8, 4) is 95.5 Å². The van der Waals surface area contributed by atoms with Gasteiger partial charge in [-0.3, -0.25) is 4.57 Å². The van der Waals surface area contributed by atoms with Gasteiger partial charge in [0, 0.05) is 54.0 Å². The minimum Gasteiger partial charge on any atom is -0.510 e. The molecular formula is C99H78N4OPtSi-2. The maximum Gasteiger partial charge on any atom is 0.268 e. The standard InChI is InChI=1S/C99H78N4OSi.Pt/c1-68-55-96(100-66-91(68)71-35-18-10-19-36-71)103-92-50-27-26-47-89(92)90-53-52-82(65-94(90)103)104-81-39-29-38-80(64-81)101-67-102(93-54-51-73(62-95(93)101)72-37-28-46-86(61-72)105(83-40-20-11-21-41-83,84-42-22-12-23-43-84)85-44-24-13-25-45-85)97-87(48-30-49-88(97)77-59-78(98(2,3)4)63-79(60-77)99(5,6)7)76-57-74(69-31-14-8-15-32-69)56-75(58-76)70-33-16-9-17-34-70;/h8-63,66H,1-7H3;/q-2;/i1D3,8D,9D,10D,11D,12D,13D,14D,15D,16D,17D,18D,19D,20D,21D,22D,23D,24D,25D,28D,31D,32D,33D,34D,35D,36D,37D,40D,41D,42D,43D,44D,45D,46D,56D,57D,58D,61D;. The summed E-state index contributed by atoms with van der Waals surface area (Å²) in [6.07, 6.45) is 4.56. The molecule has 17 aromatic rings. The Balaban J connectivity index is 0.0000152. The van der Waals surface area contributed by atoms with Crippen molar-refractivity contribution in [3.05, 3.63) is 380 Å². The van der Waals surface area contributed by atoms with Crippen molar-refractivity contribution < 1.29 is 85.2 Å². The Morgan fingerprint density at radius 2 is 0.962 bits per heavy atom. The Kier molecular flexibility index (Phi) is 9.83. The van der Waals surface area contributed by atoms with E-state index in [0.717, 1.165) is 17.3 Å². The van der Waals surface area contributed by atoms with Crippen LogP contribution in [0.25, 0.3) is 117 Å². The van der Waals surface area contributed by atoms with Crippen LogP contribution in [0.15, 0.2) is 345 Å². The molecule has 0 amide bonds. The van der Waals surface area contributed by atoms with Gasteiger partial charge in [0.2, 0.25) is 0 Å². The number of hydrogen-bond donors (Lipinski definition) is 0. The summed E-state index contributed by atoms with van der Waals surface area (Å²) < 4.78 is 387. The molecule has 0 aliphatic heterocycles. The van der Waals surface area contributed by atoms with Gasteiger partial charge in [-0.15, -0.1) is 29.7 Å². The molecule has 0 bridgehead atoms. The van der Waals surface area contributed by atoms with Crippen LogP contribution >= 0.6 is 0 Å². The second-order valence-electron chi connectivity index (χ2n) is 26.5. The van der Waals surface area contributed by atoms with Crippen molar-refractivity contribution in [3.63, 3.8) is 0 Å². The summed E-state index contributed by atoms with van der Waals surface area (Å²) in [4.78, 5) is 4.71. The fourth-order valence-corrected chi connectivity index (χ4v) is 16.4. The monoisotopic (exact) mass is 1600 g/mol. The first kappa shape index (κ1) is 36.8. The van der Waals surface area contributed by atoms with Gasteiger partial charge >= 0.3 is 0 Å². The first-order chi connectivity index (χ1) is 67.8. The number of para-hydroxylation sites is 2. The zero-order valence-electron chi connectivity index (χ0n) is 97.1. The Bertz CT molecular complexity index is 8130. The summed E-state index contributed by atoms with van der Waals surface area (Å²) in [7, 11) is -6.51. The molecule has 0 atom stereocenters. The summed E-state index contributed by atoms with van der Waals surface area (Å²) in [5.41, 5.74) is -5.03. The Morgan fingerprint density at radius 3 is 1.57 bits per heavy atom. The average Bonchev–Trinajstić information content (AvgIpc) is 0.785. The van der Waals surface area contributed by atoms with E-state index >= 15 is 0 Å². The molecule has 3 heterocycles. The van der Waals surface area contributed by atoms with Gasteiger partial charge in [0.05, 0.1) is 67.4 Å². The molecule has 0 unspecified atom stereocenters. The first-order valence-corrected chi connectivity index (χ1v) is 35.0. The van der Waals surface area contributed by atoms with Crippen LogP contribution in [0.1, 0.15) is 113 Å². The molecule has 3 aromatic heterocycles. The number of aryl methyl sites for hydroxylation is 1. The van der Waals surface area contributed by atoms with Crippen molar-refractivity contribution in [2.45, 2.75) is 59.2 Å². The van der Waals surface area contributed by atoms with Crippen LogP contribution in [0.2, 0.25) is 0 Å². The van der Waals surface area contributed by atoms with Gasteiger partial charge in [-0.1, -0.05) is 319 Å². The molecule has 0 saturated heterocycles. The van der Waals surface area contributed by atoms with Gasteiger partial charge < -0.3 is 13.9 Å². The third kappa shape index (κ3) is 12.9. The summed E-state index contributed by atoms with van der Waals surface area (Å²) in [6.45, 7) is 8.77. The minimum atomic E-state index is -6.51. The number of aromatic nitrogens is 4. The van der Waals surface area contributed by atoms with E-state index in [9.17, 15) is 31.5 Å². The number of fused-ring (bicyclic) bond motifs is 4. The van der Waals surface area contributed by atoms with Crippen LogP contribution in [0.3, 0.4) is 0 Å². The summed E-state index contributed by atoms with van der Waals surface area (Å²) in [5, 5.41) is -3.35. The van der Waals surface area contributed by atoms with Gasteiger partial charge in [-0.2, -0.15) is 18.2 Å². The van der Waals surface area contributed by atoms with Crippen LogP contribution < -0.4 is 30.1 Å². The molecule has 0 spiro atoms. The molecule has 516 valence electrons. The number of hydrogen-bond acceptors (Lipinski definition) is 2. The average molecular weight is 1600 g/mol. The second kappa shape index (κ2) is 28.3. The smallest absolute Gasteiger partial charge is 0.268 e. The fourth-order valence-electron chi connectivity index (χ4n) is 12.9. The molecule has 17 rings (SSSR count). The number of nitrogens with zero attached hydrogens (tertiary/aromatic N) is 4. The third-order valence-corrected chi connectivity index (χ3v) is 22.0. The SMILES string of the molecule is [2H]c1c([2H])c([2H])c(-c2cnc(-n3c4[c-]c(Oc5[c-]c(-n6[c-][n+](-c7c(-c8cc(C(C)(C)C)cc(C(C)(C)C)c8)cccc7-c7c([2H])c(-c8c([2H])c([2H])c([2H])c([2H])c8[2H])c([2H])c(-c8c([2H])c([2H])c([2H])c([2H])c8[2H])c7[2H])c7ccc(-c8c([2H])c([2H])c([2H])c([Si](c9c([2H])c([2H])c([2H])c([2H])c9[2H])(c9c([2H])c([2H])c([2H])c([2H])c9[2H])c9c([2H])c([2H])c([2H])c([2H])c9[2H])c8[2H])cc76)ccc5)ccc4c4ccccc43)cc2C([2H])([2H])[2H])c([2H])c1[2H].[Pt]. The summed E-state index contributed by atoms with van der Waals surface area (Å²) in [5.74, 6) is -0.216. The Hall–Kier alpha value is -11.8. The predicted molar refractivity (Wildman–Crippen MR) is 438 cm³/mol. The topological polar surface area (TPSA) is 35.9 Å². The maximum absolute atomic E-state index is 11.0. The largest absolute Gasteiger partial charge is 0.510 e. The normalized spacial score (nSPS) is 17.3. The van der Waals surface area contributed by atoms with E-state index in [-0.39, 0.29) is 88.6 Å². The molecule has 0 aliphatic rings. The third-order valence-electron chi connectivity index (χ3n) is 18.0. The molecule has 5 nitrogen and oxygen atoms in total. The van der Waals surface area contributed by atoms with E-state index in [0.29, 0.717) is 21.9 Å². The van der Waals surface area contributed by atoms with E-state index in [1.54, 1.807) is 47.0 Å². The number of rotatable bonds is 15. The van der Waals surface area contributed by atoms with Crippen molar-refractivity contribution in [2.24, 2.45) is 0 Å². The molecule has 0 fully saturated rings. The van der Waals surface area contributed by atoms with E-state index in [2.05, 4.69) is 18.5 Å². The van der Waals surface area contributed by atoms with Gasteiger partial charge in [-0.25, -0.2) is 4.98 Å². The van der Waals surface area contributed by atoms with Crippen molar-refractivity contribution in [1.29, 1.82) is 0 Å². The molecule has 0 radical (unpaired) electrons. The van der Waals surface area contributed by atoms with Crippen molar-refractivity contribution in [2.75, 3.05) is 0 Å². The van der Waals surface area contributed by atoms with Gasteiger partial charge in [0.15, 0.2) is 8.07 Å². The quantitative estimate of drug-likeness (QED) is 0.0444. The van der Waals surface area contributed by atoms with Crippen molar-refractivity contribution >= 4 is 61.7 Å². The number of imidazole rings is 1. The number of pyridine rings is 1. The van der Waals surface area contributed by atoms with Crippen LogP contribution in [0.4, 0.5) is 0 Å². The van der Waals surface area contributed by atoms with E-state index in [1.165, 1.54) is 63.7 Å². The Morgan fingerprint density at radius 1 is 0.425 bits per heavy atom. The van der Waals surface area contributed by atoms with Crippen LogP contribution in [0, 0.1) is 25.3 Å². The molecule has 7 heteroatoms. The molecule has 106 heavy (non-hydrogen) atoms. The minimum absolute atomic E-state index is 0. The fraction of sp³-hybridized carbons (Fsp3) is 0.0909. The van der Waals surface area contributed by atoms with Crippen LogP contribution in [-0.4, -0.2) is 22.2 Å². The van der Waals surface area contributed by atoms with Gasteiger partial charge in [0.25, 0.3) is 6.33 Å². The molecule has 0 N–H and O–H groups in total. The summed E-state index contributed by atoms with van der Waals surface area (Å²) >= 11 is 0. The molecule has 0 aliphatic carbocycles. The molecular weight excluding hydrogens is 1480 g/mol. The molecule has 14 aromatic carbocycles. The maximum atomic E-state index is 11.0. The van der Waals surface area contributed by atoms with Crippen LogP contribution in [0.5, 0.6) is 11.5 Å². The van der Waals surface area contributed by atoms with Gasteiger partial charge in [-0.05, 0) is 164 Å². The summed E-state index contributed by atoms with van der Waals surface area (Å²) in [6, 6.07) is -1.59. The van der Waals surface area contributed by atoms with E-state index < -0.39 is 315 Å².